The molecule has 0 aliphatic rings. The van der Waals surface area contributed by atoms with Gasteiger partial charge in [0.1, 0.15) is 6.04 Å². The molecule has 7 nitrogen and oxygen atoms in total. The van der Waals surface area contributed by atoms with Gasteiger partial charge < -0.3 is 20.8 Å². The number of nitrogens with one attached hydrogen (secondary N) is 3. The Morgan fingerprint density at radius 3 is 2.35 bits per heavy atom. The molecule has 0 aliphatic carbocycles. The maximum Gasteiger partial charge on any atom is 0.308 e. The van der Waals surface area contributed by atoms with Crippen molar-refractivity contribution in [3.8, 4) is 12.3 Å². The van der Waals surface area contributed by atoms with Gasteiger partial charge in [-0.15, -0.1) is 6.42 Å². The van der Waals surface area contributed by atoms with Crippen molar-refractivity contribution >= 4 is 29.2 Å². The Bertz CT molecular complexity index is 704. The number of rotatable bonds is 9. The molecule has 26 heavy (non-hydrogen) atoms. The van der Waals surface area contributed by atoms with E-state index in [0.717, 1.165) is 5.56 Å². The fourth-order valence-electron chi connectivity index (χ4n) is 2.06. The molecule has 0 aliphatic heterocycles. The molecule has 0 radical (unpaired) electrons. The molecule has 1 rings (SSSR count). The van der Waals surface area contributed by atoms with Crippen LogP contribution in [0.5, 0.6) is 0 Å². The summed E-state index contributed by atoms with van der Waals surface area (Å²) in [5, 5.41) is 12.7. The molecule has 1 aromatic carbocycles. The minimum atomic E-state index is -0.762. The van der Waals surface area contributed by atoms with Crippen LogP contribution in [0.15, 0.2) is 24.3 Å². The topological polar surface area (TPSA) is 108 Å². The number of esters is 1. The molecular weight excluding hydrogens is 334 g/mol. The lowest BCUT2D eigenvalue weighted by Crippen LogP contribution is -2.36. The van der Waals surface area contributed by atoms with Crippen LogP contribution in [0.1, 0.15) is 38.7 Å². The van der Waals surface area contributed by atoms with Gasteiger partial charge in [-0.25, -0.2) is 0 Å². The van der Waals surface area contributed by atoms with E-state index < -0.39 is 17.9 Å². The van der Waals surface area contributed by atoms with E-state index in [1.165, 1.54) is 0 Å². The molecule has 2 amide bonds. The molecule has 0 aromatic heterocycles. The van der Waals surface area contributed by atoms with Crippen LogP contribution in [0.2, 0.25) is 0 Å². The first-order valence-corrected chi connectivity index (χ1v) is 8.22. The first-order valence-electron chi connectivity index (χ1n) is 8.22. The van der Waals surface area contributed by atoms with E-state index in [-0.39, 0.29) is 31.8 Å². The SMILES string of the molecule is C#C[C@H](CC(=O)OCC)NC(=O)CCC(=O)Nc1ccc(C(C)=N)cc1. The van der Waals surface area contributed by atoms with Gasteiger partial charge in [0.25, 0.3) is 0 Å². The highest BCUT2D eigenvalue weighted by molar-refractivity contribution is 5.97. The van der Waals surface area contributed by atoms with Crippen LogP contribution in [0.3, 0.4) is 0 Å². The molecule has 0 bridgehead atoms. The van der Waals surface area contributed by atoms with E-state index >= 15 is 0 Å². The summed E-state index contributed by atoms with van der Waals surface area (Å²) < 4.78 is 4.78. The van der Waals surface area contributed by atoms with Crippen molar-refractivity contribution in [2.24, 2.45) is 0 Å². The lowest BCUT2D eigenvalue weighted by atomic mass is 10.1. The summed E-state index contributed by atoms with van der Waals surface area (Å²) in [6.07, 6.45) is 5.11. The third-order valence-electron chi connectivity index (χ3n) is 3.39. The average molecular weight is 357 g/mol. The Labute approximate surface area is 153 Å². The molecule has 1 atom stereocenters. The number of ether oxygens (including phenoxy) is 1. The van der Waals surface area contributed by atoms with E-state index in [1.54, 1.807) is 38.1 Å². The summed E-state index contributed by atoms with van der Waals surface area (Å²) in [7, 11) is 0. The third kappa shape index (κ3) is 7.62. The molecule has 3 N–H and O–H groups in total. The number of terminal acetylenes is 1. The molecule has 0 spiro atoms. The quantitative estimate of drug-likeness (QED) is 0.356. The van der Waals surface area contributed by atoms with Crippen LogP contribution >= 0.6 is 0 Å². The second-order valence-corrected chi connectivity index (χ2v) is 5.55. The van der Waals surface area contributed by atoms with Gasteiger partial charge in [0.2, 0.25) is 11.8 Å². The maximum atomic E-state index is 11.9. The summed E-state index contributed by atoms with van der Waals surface area (Å²) >= 11 is 0. The molecule has 0 heterocycles. The zero-order valence-corrected chi connectivity index (χ0v) is 14.9. The van der Waals surface area contributed by atoms with Gasteiger partial charge in [0, 0.05) is 24.2 Å². The third-order valence-corrected chi connectivity index (χ3v) is 3.39. The highest BCUT2D eigenvalue weighted by Gasteiger charge is 2.15. The average Bonchev–Trinajstić information content (AvgIpc) is 2.60. The molecule has 1 aromatic rings. The fourth-order valence-corrected chi connectivity index (χ4v) is 2.06. The van der Waals surface area contributed by atoms with Crippen molar-refractivity contribution in [2.75, 3.05) is 11.9 Å². The van der Waals surface area contributed by atoms with Gasteiger partial charge >= 0.3 is 5.97 Å². The lowest BCUT2D eigenvalue weighted by Gasteiger charge is -2.12. The standard InChI is InChI=1S/C19H23N3O4/c1-4-15(12-19(25)26-5-2)21-17(23)10-11-18(24)22-16-8-6-14(7-9-16)13(3)20/h1,6-9,15,20H,5,10-12H2,2-3H3,(H,21,23)(H,22,24)/t15-/m1/s1. The summed E-state index contributed by atoms with van der Waals surface area (Å²) in [6.45, 7) is 3.60. The largest absolute Gasteiger partial charge is 0.466 e. The molecule has 138 valence electrons. The fraction of sp³-hybridized carbons (Fsp3) is 0.368. The monoisotopic (exact) mass is 357 g/mol. The second kappa shape index (κ2) is 10.7. The van der Waals surface area contributed by atoms with Gasteiger partial charge in [-0.3, -0.25) is 14.4 Å². The van der Waals surface area contributed by atoms with Crippen molar-refractivity contribution in [1.82, 2.24) is 5.32 Å². The number of hydrogen-bond donors (Lipinski definition) is 3. The van der Waals surface area contributed by atoms with E-state index in [1.807, 2.05) is 0 Å². The van der Waals surface area contributed by atoms with Crippen LogP contribution in [0.25, 0.3) is 0 Å². The number of carbonyl (C=O) groups is 3. The minimum absolute atomic E-state index is 0.0200. The van der Waals surface area contributed by atoms with Crippen molar-refractivity contribution in [1.29, 1.82) is 5.41 Å². The number of anilines is 1. The molecule has 0 saturated heterocycles. The van der Waals surface area contributed by atoms with Gasteiger partial charge in [0.15, 0.2) is 0 Å². The number of benzene rings is 1. The number of amides is 2. The van der Waals surface area contributed by atoms with Crippen LogP contribution < -0.4 is 10.6 Å². The Morgan fingerprint density at radius 2 is 1.81 bits per heavy atom. The van der Waals surface area contributed by atoms with Crippen LogP contribution in [-0.4, -0.2) is 36.1 Å². The Morgan fingerprint density at radius 1 is 1.19 bits per heavy atom. The number of carbonyl (C=O) groups excluding carboxylic acids is 3. The Kier molecular flexibility index (Phi) is 8.58. The predicted octanol–water partition coefficient (Wildman–Crippen LogP) is 1.86. The van der Waals surface area contributed by atoms with Gasteiger partial charge in [-0.05, 0) is 31.5 Å². The summed E-state index contributed by atoms with van der Waals surface area (Å²) in [5.74, 6) is 1.09. The summed E-state index contributed by atoms with van der Waals surface area (Å²) in [4.78, 5) is 35.2. The van der Waals surface area contributed by atoms with E-state index in [9.17, 15) is 14.4 Å². The van der Waals surface area contributed by atoms with Crippen LogP contribution in [-0.2, 0) is 19.1 Å². The highest BCUT2D eigenvalue weighted by Crippen LogP contribution is 2.10. The van der Waals surface area contributed by atoms with Crippen molar-refractivity contribution in [2.45, 2.75) is 39.2 Å². The summed E-state index contributed by atoms with van der Waals surface area (Å²) in [6, 6.07) is 6.09. The van der Waals surface area contributed by atoms with Crippen molar-refractivity contribution in [3.05, 3.63) is 29.8 Å². The number of hydrogen-bond acceptors (Lipinski definition) is 5. The second-order valence-electron chi connectivity index (χ2n) is 5.55. The van der Waals surface area contributed by atoms with Gasteiger partial charge in [-0.1, -0.05) is 18.1 Å². The zero-order valence-electron chi connectivity index (χ0n) is 14.9. The van der Waals surface area contributed by atoms with E-state index in [4.69, 9.17) is 16.6 Å². The lowest BCUT2D eigenvalue weighted by molar-refractivity contribution is -0.143. The normalized spacial score (nSPS) is 11.0. The molecule has 0 unspecified atom stereocenters. The molecule has 7 heteroatoms. The predicted molar refractivity (Wildman–Crippen MR) is 98.8 cm³/mol. The van der Waals surface area contributed by atoms with Gasteiger partial charge in [0.05, 0.1) is 13.0 Å². The molecule has 0 fully saturated rings. The Hall–Kier alpha value is -3.14. The smallest absolute Gasteiger partial charge is 0.308 e. The molecule has 0 saturated carbocycles. The van der Waals surface area contributed by atoms with Crippen LogP contribution in [0, 0.1) is 17.8 Å². The zero-order chi connectivity index (χ0) is 19.5. The highest BCUT2D eigenvalue weighted by atomic mass is 16.5. The Balaban J connectivity index is 2.41. The maximum absolute atomic E-state index is 11.9. The molecular formula is C19H23N3O4. The van der Waals surface area contributed by atoms with E-state index in [0.29, 0.717) is 11.4 Å². The van der Waals surface area contributed by atoms with Crippen LogP contribution in [0.4, 0.5) is 5.69 Å². The van der Waals surface area contributed by atoms with Crippen molar-refractivity contribution < 1.29 is 19.1 Å². The minimum Gasteiger partial charge on any atom is -0.466 e. The van der Waals surface area contributed by atoms with Crippen molar-refractivity contribution in [3.63, 3.8) is 0 Å². The van der Waals surface area contributed by atoms with Gasteiger partial charge in [-0.2, -0.15) is 0 Å². The first kappa shape index (κ1) is 20.9. The first-order chi connectivity index (χ1) is 12.3. The summed E-state index contributed by atoms with van der Waals surface area (Å²) in [5.41, 5.74) is 1.79. The van der Waals surface area contributed by atoms with E-state index in [2.05, 4.69) is 16.6 Å².